The van der Waals surface area contributed by atoms with E-state index in [1.54, 1.807) is 45.0 Å². The van der Waals surface area contributed by atoms with Crippen LogP contribution in [0.1, 0.15) is 52.3 Å². The van der Waals surface area contributed by atoms with Crippen LogP contribution in [0.15, 0.2) is 29.8 Å². The highest BCUT2D eigenvalue weighted by Crippen LogP contribution is 2.41. The highest BCUT2D eigenvalue weighted by atomic mass is 35.5. The molecule has 0 unspecified atom stereocenters. The van der Waals surface area contributed by atoms with Crippen molar-refractivity contribution in [3.8, 4) is 0 Å². The van der Waals surface area contributed by atoms with Gasteiger partial charge in [0.25, 0.3) is 11.7 Å². The van der Waals surface area contributed by atoms with Crippen LogP contribution in [0.4, 0.5) is 0 Å². The molecule has 1 atom stereocenters. The third kappa shape index (κ3) is 5.44. The number of amides is 1. The summed E-state index contributed by atoms with van der Waals surface area (Å²) >= 11 is 6.10. The van der Waals surface area contributed by atoms with Crippen molar-refractivity contribution in [1.29, 1.82) is 0 Å². The summed E-state index contributed by atoms with van der Waals surface area (Å²) in [6.45, 7) is 9.38. The molecule has 3 heterocycles. The van der Waals surface area contributed by atoms with Crippen LogP contribution in [0.5, 0.6) is 0 Å². The number of rotatable bonds is 8. The molecule has 0 radical (unpaired) electrons. The summed E-state index contributed by atoms with van der Waals surface area (Å²) in [5.74, 6) is -2.31. The predicted molar refractivity (Wildman–Crippen MR) is 139 cm³/mol. The number of aryl methyl sites for hydroxylation is 1. The van der Waals surface area contributed by atoms with E-state index < -0.39 is 23.7 Å². The van der Waals surface area contributed by atoms with Crippen molar-refractivity contribution >= 4 is 35.0 Å². The van der Waals surface area contributed by atoms with E-state index in [4.69, 9.17) is 21.1 Å². The molecular weight excluding hydrogens is 498 g/mol. The monoisotopic (exact) mass is 529 g/mol. The van der Waals surface area contributed by atoms with E-state index in [2.05, 4.69) is 9.88 Å². The zero-order chi connectivity index (χ0) is 26.7. The number of Topliss-reactive ketones (excluding diaryl/α,β-unsaturated/α-hetero) is 1. The van der Waals surface area contributed by atoms with E-state index in [-0.39, 0.29) is 23.6 Å². The molecule has 37 heavy (non-hydrogen) atoms. The Bertz CT molecular complexity index is 1210. The van der Waals surface area contributed by atoms with Gasteiger partial charge in [-0.05, 0) is 50.5 Å². The lowest BCUT2D eigenvalue weighted by Gasteiger charge is -2.29. The third-order valence-electron chi connectivity index (χ3n) is 6.86. The van der Waals surface area contributed by atoms with E-state index in [9.17, 15) is 19.5 Å². The Hall–Kier alpha value is -3.14. The van der Waals surface area contributed by atoms with E-state index in [0.717, 1.165) is 19.6 Å². The Balaban J connectivity index is 1.73. The van der Waals surface area contributed by atoms with Crippen LogP contribution in [0.25, 0.3) is 5.76 Å². The first-order chi connectivity index (χ1) is 17.7. The standard InChI is InChI=1S/C27H32ClN3O6/c1-4-37-27(35)22-16(2)20(17(3)29-22)24(32)21-23(18-6-8-19(28)9-7-18)31(26(34)25(21)33)11-5-10-30-12-14-36-15-13-30/h6-9,23,29,32H,4-5,10-15H2,1-3H3/t23-/m1/s1. The molecule has 0 bridgehead atoms. The van der Waals surface area contributed by atoms with Gasteiger partial charge in [-0.15, -0.1) is 0 Å². The van der Waals surface area contributed by atoms with Gasteiger partial charge in [-0.2, -0.15) is 0 Å². The summed E-state index contributed by atoms with van der Waals surface area (Å²) in [7, 11) is 0. The number of ketones is 1. The van der Waals surface area contributed by atoms with Crippen LogP contribution in [0, 0.1) is 13.8 Å². The number of likely N-dealkylation sites (tertiary alicyclic amines) is 1. The molecule has 2 aliphatic rings. The number of aromatic nitrogens is 1. The highest BCUT2D eigenvalue weighted by molar-refractivity contribution is 6.46. The average Bonchev–Trinajstić information content (AvgIpc) is 3.32. The summed E-state index contributed by atoms with van der Waals surface area (Å²) in [5.41, 5.74) is 2.09. The van der Waals surface area contributed by atoms with Crippen molar-refractivity contribution < 1.29 is 29.0 Å². The number of carbonyl (C=O) groups is 3. The lowest BCUT2D eigenvalue weighted by atomic mass is 9.94. The number of hydrogen-bond acceptors (Lipinski definition) is 7. The zero-order valence-electron chi connectivity index (χ0n) is 21.3. The third-order valence-corrected chi connectivity index (χ3v) is 7.11. The fourth-order valence-electron chi connectivity index (χ4n) is 5.04. The van der Waals surface area contributed by atoms with Gasteiger partial charge in [-0.3, -0.25) is 14.5 Å². The molecule has 2 saturated heterocycles. The van der Waals surface area contributed by atoms with Crippen molar-refractivity contribution in [2.45, 2.75) is 33.2 Å². The molecule has 2 N–H and O–H groups in total. The molecule has 1 aromatic heterocycles. The number of H-pyrrole nitrogens is 1. The number of nitrogens with one attached hydrogen (secondary N) is 1. The number of halogens is 1. The maximum absolute atomic E-state index is 13.3. The number of morpholine rings is 1. The van der Waals surface area contributed by atoms with E-state index >= 15 is 0 Å². The smallest absolute Gasteiger partial charge is 0.355 e. The predicted octanol–water partition coefficient (Wildman–Crippen LogP) is 3.61. The SMILES string of the molecule is CCOC(=O)c1[nH]c(C)c(C(O)=C2C(=O)C(=O)N(CCCN3CCOCC3)[C@@H]2c2ccc(Cl)cc2)c1C. The van der Waals surface area contributed by atoms with Crippen molar-refractivity contribution in [1.82, 2.24) is 14.8 Å². The molecule has 9 nitrogen and oxygen atoms in total. The molecule has 2 fully saturated rings. The van der Waals surface area contributed by atoms with Crippen molar-refractivity contribution in [2.24, 2.45) is 0 Å². The molecule has 0 spiro atoms. The van der Waals surface area contributed by atoms with E-state index in [0.29, 0.717) is 53.6 Å². The fourth-order valence-corrected chi connectivity index (χ4v) is 5.16. The molecule has 2 aliphatic heterocycles. The van der Waals surface area contributed by atoms with Crippen molar-refractivity contribution in [2.75, 3.05) is 46.0 Å². The number of nitrogens with zero attached hydrogens (tertiary/aromatic N) is 2. The van der Waals surface area contributed by atoms with E-state index in [1.807, 2.05) is 0 Å². The Morgan fingerprint density at radius 3 is 2.49 bits per heavy atom. The summed E-state index contributed by atoms with van der Waals surface area (Å²) in [4.78, 5) is 45.7. The van der Waals surface area contributed by atoms with Gasteiger partial charge < -0.3 is 24.5 Å². The van der Waals surface area contributed by atoms with Gasteiger partial charge in [-0.25, -0.2) is 4.79 Å². The topological polar surface area (TPSA) is 112 Å². The number of ether oxygens (including phenoxy) is 2. The molecule has 1 amide bonds. The minimum absolute atomic E-state index is 0.0145. The number of esters is 1. The number of carbonyl (C=O) groups excluding carboxylic acids is 3. The summed E-state index contributed by atoms with van der Waals surface area (Å²) < 4.78 is 10.5. The van der Waals surface area contributed by atoms with Gasteiger partial charge in [0.15, 0.2) is 0 Å². The first-order valence-corrected chi connectivity index (χ1v) is 12.8. The number of hydrogen-bond donors (Lipinski definition) is 2. The van der Waals surface area contributed by atoms with Crippen molar-refractivity contribution in [3.63, 3.8) is 0 Å². The molecular formula is C27H32ClN3O6. The maximum atomic E-state index is 13.3. The van der Waals surface area contributed by atoms with Crippen LogP contribution >= 0.6 is 11.6 Å². The van der Waals surface area contributed by atoms with Gasteiger partial charge in [0.2, 0.25) is 0 Å². The average molecular weight is 530 g/mol. The zero-order valence-corrected chi connectivity index (χ0v) is 22.1. The van der Waals surface area contributed by atoms with Gasteiger partial charge in [0, 0.05) is 42.5 Å². The fraction of sp³-hybridized carbons (Fsp3) is 0.444. The Morgan fingerprint density at radius 2 is 1.84 bits per heavy atom. The minimum atomic E-state index is -0.790. The summed E-state index contributed by atoms with van der Waals surface area (Å²) in [6.07, 6.45) is 0.659. The molecule has 198 valence electrons. The molecule has 4 rings (SSSR count). The second-order valence-corrected chi connectivity index (χ2v) is 9.63. The Kier molecular flexibility index (Phi) is 8.36. The number of benzene rings is 1. The summed E-state index contributed by atoms with van der Waals surface area (Å²) in [6, 6.07) is 6.10. The lowest BCUT2D eigenvalue weighted by molar-refractivity contribution is -0.140. The second kappa shape index (κ2) is 11.5. The second-order valence-electron chi connectivity index (χ2n) is 9.20. The van der Waals surface area contributed by atoms with Gasteiger partial charge in [-0.1, -0.05) is 23.7 Å². The maximum Gasteiger partial charge on any atom is 0.355 e. The van der Waals surface area contributed by atoms with E-state index in [1.165, 1.54) is 4.90 Å². The van der Waals surface area contributed by atoms with Gasteiger partial charge in [0.1, 0.15) is 11.5 Å². The van der Waals surface area contributed by atoms with Crippen LogP contribution < -0.4 is 0 Å². The molecule has 1 aromatic carbocycles. The largest absolute Gasteiger partial charge is 0.507 e. The number of aliphatic hydroxyl groups excluding tert-OH is 1. The molecule has 0 aliphatic carbocycles. The summed E-state index contributed by atoms with van der Waals surface area (Å²) in [5, 5.41) is 12.0. The quantitative estimate of drug-likeness (QED) is 0.232. The first-order valence-electron chi connectivity index (χ1n) is 12.4. The Morgan fingerprint density at radius 1 is 1.16 bits per heavy atom. The Labute approximate surface area is 221 Å². The minimum Gasteiger partial charge on any atom is -0.507 e. The van der Waals surface area contributed by atoms with Crippen LogP contribution in [-0.4, -0.2) is 83.5 Å². The number of aliphatic hydroxyl groups is 1. The lowest BCUT2D eigenvalue weighted by Crippen LogP contribution is -2.38. The van der Waals surface area contributed by atoms with Crippen LogP contribution in [-0.2, 0) is 19.1 Å². The normalized spacial score (nSPS) is 20.0. The van der Waals surface area contributed by atoms with Gasteiger partial charge in [0.05, 0.1) is 31.4 Å². The highest BCUT2D eigenvalue weighted by Gasteiger charge is 2.46. The molecule has 2 aromatic rings. The molecule has 0 saturated carbocycles. The molecule has 10 heteroatoms. The van der Waals surface area contributed by atoms with Crippen LogP contribution in [0.3, 0.4) is 0 Å². The van der Waals surface area contributed by atoms with Crippen LogP contribution in [0.2, 0.25) is 5.02 Å². The van der Waals surface area contributed by atoms with Crippen molar-refractivity contribution in [3.05, 3.63) is 62.9 Å². The first kappa shape index (κ1) is 26.9. The van der Waals surface area contributed by atoms with Gasteiger partial charge >= 0.3 is 5.97 Å². The number of aromatic amines is 1.